The number of nitrogens with one attached hydrogen (secondary N) is 1. The molecule has 0 aliphatic carbocycles. The summed E-state index contributed by atoms with van der Waals surface area (Å²) in [5, 5.41) is 2.92. The van der Waals surface area contributed by atoms with E-state index in [0.29, 0.717) is 10.9 Å². The Kier molecular flexibility index (Phi) is 3.25. The first-order valence-electron chi connectivity index (χ1n) is 4.43. The monoisotopic (exact) mass is 255 g/mol. The van der Waals surface area contributed by atoms with Gasteiger partial charge in [0.05, 0.1) is 5.69 Å². The van der Waals surface area contributed by atoms with Crippen molar-refractivity contribution >= 4 is 39.8 Å². The summed E-state index contributed by atoms with van der Waals surface area (Å²) in [6.07, 6.45) is 1.76. The Morgan fingerprint density at radius 1 is 1.38 bits per heavy atom. The van der Waals surface area contributed by atoms with E-state index in [1.54, 1.807) is 30.5 Å². The van der Waals surface area contributed by atoms with Gasteiger partial charge in [0.2, 0.25) is 0 Å². The van der Waals surface area contributed by atoms with Crippen molar-refractivity contribution < 1.29 is 9.00 Å². The molecule has 1 unspecified atom stereocenters. The van der Waals surface area contributed by atoms with Crippen molar-refractivity contribution in [3.8, 4) is 0 Å². The van der Waals surface area contributed by atoms with Gasteiger partial charge in [-0.2, -0.15) is 4.31 Å². The lowest BCUT2D eigenvalue weighted by atomic mass is 10.3. The average Bonchev–Trinajstić information content (AvgIpc) is 2.29. The number of rotatable bonds is 1. The van der Waals surface area contributed by atoms with Gasteiger partial charge in [0.1, 0.15) is 0 Å². The molecule has 1 N–H and O–H groups in total. The second-order valence-corrected chi connectivity index (χ2v) is 4.70. The highest BCUT2D eigenvalue weighted by molar-refractivity contribution is 8.13. The van der Waals surface area contributed by atoms with E-state index in [1.807, 2.05) is 6.07 Å². The summed E-state index contributed by atoms with van der Waals surface area (Å²) < 4.78 is 16.7. The van der Waals surface area contributed by atoms with E-state index < -0.39 is 17.2 Å². The van der Waals surface area contributed by atoms with Gasteiger partial charge < -0.3 is 0 Å². The highest BCUT2D eigenvalue weighted by Gasteiger charge is 2.27. The van der Waals surface area contributed by atoms with Crippen LogP contribution in [0.5, 0.6) is 0 Å². The molecule has 0 saturated carbocycles. The van der Waals surface area contributed by atoms with Crippen molar-refractivity contribution in [1.29, 1.82) is 0 Å². The Balaban J connectivity index is 2.34. The lowest BCUT2D eigenvalue weighted by Gasteiger charge is -2.23. The largest absolute Gasteiger partial charge is 0.341 e. The molecule has 1 heterocycles. The second-order valence-electron chi connectivity index (χ2n) is 2.89. The normalized spacial score (nSPS) is 20.3. The highest BCUT2D eigenvalue weighted by Crippen LogP contribution is 2.19. The van der Waals surface area contributed by atoms with E-state index in [1.165, 1.54) is 11.8 Å². The highest BCUT2D eigenvalue weighted by atomic mass is 32.2. The molecule has 0 spiro atoms. The average molecular weight is 255 g/mol. The van der Waals surface area contributed by atoms with Gasteiger partial charge in [0, 0.05) is 0 Å². The number of urea groups is 1. The van der Waals surface area contributed by atoms with E-state index in [0.717, 1.165) is 4.31 Å². The van der Waals surface area contributed by atoms with Gasteiger partial charge in [-0.15, -0.1) is 4.40 Å². The summed E-state index contributed by atoms with van der Waals surface area (Å²) >= 11 is -0.452. The molecule has 0 fully saturated rings. The van der Waals surface area contributed by atoms with Crippen LogP contribution in [0.15, 0.2) is 34.7 Å². The Bertz CT molecular complexity index is 461. The van der Waals surface area contributed by atoms with Crippen LogP contribution < -0.4 is 9.62 Å². The van der Waals surface area contributed by atoms with Crippen LogP contribution in [0.2, 0.25) is 0 Å². The van der Waals surface area contributed by atoms with Gasteiger partial charge in [0.15, 0.2) is 5.17 Å². The van der Waals surface area contributed by atoms with Gasteiger partial charge in [-0.05, 0) is 18.4 Å². The van der Waals surface area contributed by atoms with E-state index >= 15 is 0 Å². The van der Waals surface area contributed by atoms with Crippen LogP contribution in [-0.2, 0) is 11.2 Å². The minimum absolute atomic E-state index is 0.371. The molecule has 1 aliphatic rings. The maximum Gasteiger partial charge on any atom is 0.341 e. The molecule has 84 valence electrons. The molecule has 0 aromatic heterocycles. The molecule has 0 saturated heterocycles. The smallest absolute Gasteiger partial charge is 0.285 e. The fraction of sp³-hybridized carbons (Fsp3) is 0.111. The number of amidine groups is 1. The lowest BCUT2D eigenvalue weighted by molar-refractivity contribution is 0.253. The number of hydrogen-bond donors (Lipinski definition) is 1. The zero-order valence-corrected chi connectivity index (χ0v) is 10.0. The maximum absolute atomic E-state index is 11.7. The third-order valence-corrected chi connectivity index (χ3v) is 3.62. The Morgan fingerprint density at radius 2 is 2.06 bits per heavy atom. The molecule has 7 heteroatoms. The molecule has 0 bridgehead atoms. The molecule has 0 radical (unpaired) electrons. The Hall–Kier alpha value is -1.34. The Morgan fingerprint density at radius 3 is 2.62 bits per heavy atom. The van der Waals surface area contributed by atoms with Gasteiger partial charge in [0.25, 0.3) is 11.2 Å². The van der Waals surface area contributed by atoms with Crippen LogP contribution in [0.25, 0.3) is 0 Å². The summed E-state index contributed by atoms with van der Waals surface area (Å²) in [5.74, 6) is 0. The van der Waals surface area contributed by atoms with Gasteiger partial charge in [-0.25, -0.2) is 9.00 Å². The fourth-order valence-electron chi connectivity index (χ4n) is 1.21. The third kappa shape index (κ3) is 2.10. The van der Waals surface area contributed by atoms with E-state index in [9.17, 15) is 9.00 Å². The summed E-state index contributed by atoms with van der Waals surface area (Å²) in [7, 11) is 0. The van der Waals surface area contributed by atoms with Crippen LogP contribution >= 0.6 is 11.8 Å². The molecule has 1 aromatic carbocycles. The minimum Gasteiger partial charge on any atom is -0.285 e. The molecule has 2 rings (SSSR count). The van der Waals surface area contributed by atoms with Crippen LogP contribution in [0.3, 0.4) is 0 Å². The number of para-hydroxylation sites is 1. The topological polar surface area (TPSA) is 61.8 Å². The number of nitrogens with zero attached hydrogens (tertiary/aromatic N) is 2. The lowest BCUT2D eigenvalue weighted by Crippen LogP contribution is -2.46. The first-order chi connectivity index (χ1) is 7.72. The predicted molar refractivity (Wildman–Crippen MR) is 66.5 cm³/mol. The molecule has 5 nitrogen and oxygen atoms in total. The van der Waals surface area contributed by atoms with Crippen molar-refractivity contribution in [1.82, 2.24) is 5.32 Å². The number of amides is 2. The first kappa shape index (κ1) is 11.2. The fourth-order valence-corrected chi connectivity index (χ4v) is 2.64. The minimum atomic E-state index is -1.70. The summed E-state index contributed by atoms with van der Waals surface area (Å²) in [6, 6.07) is 8.35. The van der Waals surface area contributed by atoms with Crippen LogP contribution in [0.1, 0.15) is 0 Å². The second kappa shape index (κ2) is 4.67. The van der Waals surface area contributed by atoms with Crippen molar-refractivity contribution in [2.75, 3.05) is 10.6 Å². The van der Waals surface area contributed by atoms with E-state index in [-0.39, 0.29) is 0 Å². The summed E-state index contributed by atoms with van der Waals surface area (Å²) in [4.78, 5) is 11.7. The quantitative estimate of drug-likeness (QED) is 0.827. The number of hydrogen-bond acceptors (Lipinski definition) is 3. The number of anilines is 1. The van der Waals surface area contributed by atoms with Crippen molar-refractivity contribution in [2.24, 2.45) is 4.40 Å². The van der Waals surface area contributed by atoms with E-state index in [4.69, 9.17) is 0 Å². The predicted octanol–water partition coefficient (Wildman–Crippen LogP) is 1.51. The SMILES string of the molecule is CSC1=NS(=O)N(c2ccccc2)C(=O)N1. The molecular formula is C9H9N3O2S2. The number of carbonyl (C=O) groups is 1. The van der Waals surface area contributed by atoms with Gasteiger partial charge >= 0.3 is 6.03 Å². The standard InChI is InChI=1S/C9H9N3O2S2/c1-15-8-10-9(13)12(16(14)11-8)7-5-3-2-4-6-7/h2-6H,1H3,(H,10,11,13). The number of thioether (sulfide) groups is 1. The van der Waals surface area contributed by atoms with Gasteiger partial charge in [-0.3, -0.25) is 5.32 Å². The zero-order chi connectivity index (χ0) is 11.5. The Labute approximate surface area is 99.7 Å². The van der Waals surface area contributed by atoms with Crippen LogP contribution in [-0.4, -0.2) is 21.7 Å². The number of benzene rings is 1. The summed E-state index contributed by atoms with van der Waals surface area (Å²) in [6.45, 7) is 0. The molecule has 16 heavy (non-hydrogen) atoms. The third-order valence-electron chi connectivity index (χ3n) is 1.90. The zero-order valence-electron chi connectivity index (χ0n) is 8.41. The number of carbonyl (C=O) groups excluding carboxylic acids is 1. The van der Waals surface area contributed by atoms with Crippen molar-refractivity contribution in [3.05, 3.63) is 30.3 Å². The first-order valence-corrected chi connectivity index (χ1v) is 6.72. The molecular weight excluding hydrogens is 246 g/mol. The van der Waals surface area contributed by atoms with Crippen LogP contribution in [0.4, 0.5) is 10.5 Å². The maximum atomic E-state index is 11.7. The molecule has 1 aliphatic heterocycles. The van der Waals surface area contributed by atoms with Crippen LogP contribution in [0, 0.1) is 0 Å². The molecule has 1 aromatic rings. The van der Waals surface area contributed by atoms with Crippen molar-refractivity contribution in [3.63, 3.8) is 0 Å². The summed E-state index contributed by atoms with van der Waals surface area (Å²) in [5.41, 5.74) is 0.558. The van der Waals surface area contributed by atoms with Crippen molar-refractivity contribution in [2.45, 2.75) is 0 Å². The molecule has 2 amide bonds. The molecule has 1 atom stereocenters. The van der Waals surface area contributed by atoms with Gasteiger partial charge in [-0.1, -0.05) is 30.0 Å². The van der Waals surface area contributed by atoms with E-state index in [2.05, 4.69) is 9.71 Å².